The number of benzene rings is 2. The number of anilines is 1. The molecule has 0 fully saturated rings. The van der Waals surface area contributed by atoms with Crippen molar-refractivity contribution in [2.45, 2.75) is 0 Å². The Balaban J connectivity index is 1.64. The van der Waals surface area contributed by atoms with Crippen molar-refractivity contribution >= 4 is 11.6 Å². The number of para-hydroxylation sites is 1. The van der Waals surface area contributed by atoms with Gasteiger partial charge in [-0.25, -0.2) is 13.8 Å². The Morgan fingerprint density at radius 1 is 1.07 bits per heavy atom. The largest absolute Gasteiger partial charge is 0.340 e. The number of nitrogens with one attached hydrogen (secondary N) is 2. The number of imidazole rings is 1. The van der Waals surface area contributed by atoms with Gasteiger partial charge in [-0.15, -0.1) is 10.2 Å². The van der Waals surface area contributed by atoms with Crippen LogP contribution in [0.1, 0.15) is 10.6 Å². The highest BCUT2D eigenvalue weighted by molar-refractivity contribution is 6.01. The molecule has 4 rings (SSSR count). The molecule has 0 spiro atoms. The number of rotatable bonds is 4. The average Bonchev–Trinajstić information content (AvgIpc) is 3.34. The van der Waals surface area contributed by atoms with E-state index in [-0.39, 0.29) is 23.0 Å². The summed E-state index contributed by atoms with van der Waals surface area (Å²) < 4.78 is 28.9. The third-order valence-electron chi connectivity index (χ3n) is 3.79. The number of aromatic nitrogens is 5. The number of hydrogen-bond acceptors (Lipinski definition) is 4. The normalized spacial score (nSPS) is 10.7. The highest BCUT2D eigenvalue weighted by atomic mass is 19.2. The second-order valence-corrected chi connectivity index (χ2v) is 5.55. The van der Waals surface area contributed by atoms with Crippen LogP contribution in [0.25, 0.3) is 17.2 Å². The molecule has 27 heavy (non-hydrogen) atoms. The molecule has 0 saturated carbocycles. The maximum Gasteiger partial charge on any atom is 0.291 e. The summed E-state index contributed by atoms with van der Waals surface area (Å²) in [6.45, 7) is 0. The number of H-pyrrole nitrogens is 1. The van der Waals surface area contributed by atoms with Crippen LogP contribution in [0.15, 0.2) is 61.1 Å². The van der Waals surface area contributed by atoms with Gasteiger partial charge >= 0.3 is 0 Å². The summed E-state index contributed by atoms with van der Waals surface area (Å²) in [4.78, 5) is 19.2. The molecule has 2 aromatic heterocycles. The number of amides is 1. The summed E-state index contributed by atoms with van der Waals surface area (Å²) in [5.74, 6) is -2.26. The van der Waals surface area contributed by atoms with E-state index < -0.39 is 17.5 Å². The first-order valence-corrected chi connectivity index (χ1v) is 7.90. The van der Waals surface area contributed by atoms with Gasteiger partial charge in [0.1, 0.15) is 12.0 Å². The van der Waals surface area contributed by atoms with E-state index in [1.54, 1.807) is 24.3 Å². The van der Waals surface area contributed by atoms with E-state index >= 15 is 0 Å². The molecule has 2 aromatic carbocycles. The minimum absolute atomic E-state index is 0.0446. The maximum absolute atomic E-state index is 14.1. The molecule has 0 radical (unpaired) electrons. The molecule has 0 unspecified atom stereocenters. The predicted molar refractivity (Wildman–Crippen MR) is 93.3 cm³/mol. The molecule has 0 saturated heterocycles. The van der Waals surface area contributed by atoms with Gasteiger partial charge in [-0.2, -0.15) is 0 Å². The van der Waals surface area contributed by atoms with Gasteiger partial charge in [-0.3, -0.25) is 9.36 Å². The van der Waals surface area contributed by atoms with Crippen LogP contribution in [0.2, 0.25) is 0 Å². The van der Waals surface area contributed by atoms with Crippen LogP contribution in [-0.4, -0.2) is 30.6 Å². The van der Waals surface area contributed by atoms with Crippen molar-refractivity contribution in [1.29, 1.82) is 0 Å². The van der Waals surface area contributed by atoms with E-state index in [0.29, 0.717) is 5.69 Å². The number of nitrogens with zero attached hydrogens (tertiary/aromatic N) is 4. The van der Waals surface area contributed by atoms with Crippen LogP contribution in [0, 0.1) is 11.6 Å². The molecular formula is C18H12F2N6O. The first kappa shape index (κ1) is 16.6. The molecule has 0 bridgehead atoms. The molecule has 0 aliphatic carbocycles. The molecule has 4 aromatic rings. The number of carbonyl (C=O) groups is 1. The Hall–Kier alpha value is -3.88. The lowest BCUT2D eigenvalue weighted by molar-refractivity contribution is 0.101. The second-order valence-electron chi connectivity index (χ2n) is 5.55. The van der Waals surface area contributed by atoms with Crippen molar-refractivity contribution in [3.63, 3.8) is 0 Å². The zero-order valence-corrected chi connectivity index (χ0v) is 13.7. The smallest absolute Gasteiger partial charge is 0.291 e. The van der Waals surface area contributed by atoms with Crippen molar-refractivity contribution in [2.75, 3.05) is 5.32 Å². The molecule has 2 heterocycles. The first-order valence-electron chi connectivity index (χ1n) is 7.90. The number of hydrogen-bond donors (Lipinski definition) is 2. The first-order chi connectivity index (χ1) is 13.1. The standard InChI is InChI=1S/C18H12F2N6O/c19-12-7-4-8-14(15(12)20)26-10-22-25-17(26)13-9-21-16(24-13)18(27)23-11-5-2-1-3-6-11/h1-10H,(H,21,24)(H,23,27). The van der Waals surface area contributed by atoms with Gasteiger partial charge in [0.05, 0.1) is 5.69 Å². The highest BCUT2D eigenvalue weighted by Crippen LogP contribution is 2.22. The number of aromatic amines is 1. The van der Waals surface area contributed by atoms with E-state index in [1.807, 2.05) is 6.07 Å². The number of halogens is 2. The minimum Gasteiger partial charge on any atom is -0.340 e. The zero-order valence-electron chi connectivity index (χ0n) is 13.7. The third-order valence-corrected chi connectivity index (χ3v) is 3.79. The zero-order chi connectivity index (χ0) is 18.8. The van der Waals surface area contributed by atoms with Crippen molar-refractivity contribution in [1.82, 2.24) is 24.7 Å². The summed E-state index contributed by atoms with van der Waals surface area (Å²) in [7, 11) is 0. The van der Waals surface area contributed by atoms with Crippen LogP contribution >= 0.6 is 0 Å². The highest BCUT2D eigenvalue weighted by Gasteiger charge is 2.18. The van der Waals surface area contributed by atoms with E-state index in [0.717, 1.165) is 6.07 Å². The SMILES string of the molecule is O=C(Nc1ccccc1)c1nc(-c2nncn2-c2cccc(F)c2F)c[nH]1. The fourth-order valence-corrected chi connectivity index (χ4v) is 2.53. The second kappa shape index (κ2) is 6.79. The monoisotopic (exact) mass is 366 g/mol. The van der Waals surface area contributed by atoms with E-state index in [4.69, 9.17) is 0 Å². The molecule has 2 N–H and O–H groups in total. The van der Waals surface area contributed by atoms with Gasteiger partial charge in [0.15, 0.2) is 23.3 Å². The predicted octanol–water partition coefficient (Wildman–Crippen LogP) is 3.19. The van der Waals surface area contributed by atoms with Crippen LogP contribution < -0.4 is 5.32 Å². The topological polar surface area (TPSA) is 88.5 Å². The average molecular weight is 366 g/mol. The molecule has 7 nitrogen and oxygen atoms in total. The van der Waals surface area contributed by atoms with Crippen molar-refractivity contribution in [3.05, 3.63) is 78.5 Å². The van der Waals surface area contributed by atoms with Crippen LogP contribution in [0.5, 0.6) is 0 Å². The van der Waals surface area contributed by atoms with Crippen molar-refractivity contribution < 1.29 is 13.6 Å². The molecule has 9 heteroatoms. The Morgan fingerprint density at radius 2 is 1.89 bits per heavy atom. The quantitative estimate of drug-likeness (QED) is 0.581. The minimum atomic E-state index is -1.03. The van der Waals surface area contributed by atoms with Gasteiger partial charge in [0.25, 0.3) is 5.91 Å². The lowest BCUT2D eigenvalue weighted by Crippen LogP contribution is -2.13. The molecule has 0 aliphatic rings. The summed E-state index contributed by atoms with van der Waals surface area (Å²) in [6.07, 6.45) is 2.68. The van der Waals surface area contributed by atoms with Gasteiger partial charge in [0.2, 0.25) is 0 Å². The molecule has 134 valence electrons. The summed E-state index contributed by atoms with van der Waals surface area (Å²) in [5.41, 5.74) is 0.813. The lowest BCUT2D eigenvalue weighted by atomic mass is 10.3. The maximum atomic E-state index is 14.1. The van der Waals surface area contributed by atoms with Crippen LogP contribution in [-0.2, 0) is 0 Å². The van der Waals surface area contributed by atoms with Gasteiger partial charge in [-0.1, -0.05) is 24.3 Å². The van der Waals surface area contributed by atoms with E-state index in [9.17, 15) is 13.6 Å². The Bertz CT molecular complexity index is 1110. The van der Waals surface area contributed by atoms with Gasteiger partial charge < -0.3 is 10.3 Å². The number of carbonyl (C=O) groups excluding carboxylic acids is 1. The molecular weight excluding hydrogens is 354 g/mol. The summed E-state index contributed by atoms with van der Waals surface area (Å²) >= 11 is 0. The Kier molecular flexibility index (Phi) is 4.17. The lowest BCUT2D eigenvalue weighted by Gasteiger charge is -2.06. The fourth-order valence-electron chi connectivity index (χ4n) is 2.53. The molecule has 0 atom stereocenters. The van der Waals surface area contributed by atoms with Gasteiger partial charge in [-0.05, 0) is 24.3 Å². The van der Waals surface area contributed by atoms with Crippen molar-refractivity contribution in [2.24, 2.45) is 0 Å². The third kappa shape index (κ3) is 3.17. The Labute approximate surface area is 151 Å². The summed E-state index contributed by atoms with van der Waals surface area (Å²) in [6, 6.07) is 12.7. The van der Waals surface area contributed by atoms with Crippen LogP contribution in [0.3, 0.4) is 0 Å². The van der Waals surface area contributed by atoms with Crippen LogP contribution in [0.4, 0.5) is 14.5 Å². The summed E-state index contributed by atoms with van der Waals surface area (Å²) in [5, 5.41) is 10.3. The van der Waals surface area contributed by atoms with E-state index in [1.165, 1.54) is 29.2 Å². The Morgan fingerprint density at radius 3 is 2.70 bits per heavy atom. The molecule has 0 aliphatic heterocycles. The van der Waals surface area contributed by atoms with Gasteiger partial charge in [0, 0.05) is 11.9 Å². The van der Waals surface area contributed by atoms with E-state index in [2.05, 4.69) is 25.5 Å². The van der Waals surface area contributed by atoms with Crippen molar-refractivity contribution in [3.8, 4) is 17.2 Å². The molecule has 1 amide bonds. The fraction of sp³-hybridized carbons (Fsp3) is 0.